The third-order valence-corrected chi connectivity index (χ3v) is 4.29. The van der Waals surface area contributed by atoms with Gasteiger partial charge in [0, 0.05) is 36.0 Å². The van der Waals surface area contributed by atoms with Crippen LogP contribution in [-0.4, -0.2) is 27.8 Å². The van der Waals surface area contributed by atoms with E-state index in [1.165, 1.54) is 12.8 Å². The van der Waals surface area contributed by atoms with Crippen LogP contribution in [0.4, 0.5) is 0 Å². The molecular weight excluding hydrogens is 256 g/mol. The van der Waals surface area contributed by atoms with Gasteiger partial charge < -0.3 is 5.32 Å². The molecule has 0 bridgehead atoms. The van der Waals surface area contributed by atoms with E-state index >= 15 is 0 Å². The average Bonchev–Trinajstić information content (AvgIpc) is 3.07. The maximum Gasteiger partial charge on any atom is 0.149 e. The predicted octanol–water partition coefficient (Wildman–Crippen LogP) is 2.51. The van der Waals surface area contributed by atoms with Gasteiger partial charge in [-0.15, -0.1) is 10.2 Å². The minimum Gasteiger partial charge on any atom is -0.314 e. The lowest BCUT2D eigenvalue weighted by Gasteiger charge is -2.01. The molecule has 0 aliphatic heterocycles. The molecule has 19 heavy (non-hydrogen) atoms. The fraction of sp³-hybridized carbons (Fsp3) is 0.500. The Bertz CT molecular complexity index is 575. The summed E-state index contributed by atoms with van der Waals surface area (Å²) < 4.78 is 0. The van der Waals surface area contributed by atoms with E-state index in [0.717, 1.165) is 46.0 Å². The molecule has 100 valence electrons. The van der Waals surface area contributed by atoms with Gasteiger partial charge in [0.2, 0.25) is 0 Å². The van der Waals surface area contributed by atoms with E-state index in [0.29, 0.717) is 0 Å². The smallest absolute Gasteiger partial charge is 0.149 e. The SMILES string of the molecule is Cc1ccc(-c2nnc(CCNC3CC3)s2)c(C)n1. The highest BCUT2D eigenvalue weighted by Crippen LogP contribution is 2.26. The first-order valence-electron chi connectivity index (χ1n) is 6.73. The summed E-state index contributed by atoms with van der Waals surface area (Å²) in [6.45, 7) is 5.04. The van der Waals surface area contributed by atoms with Crippen molar-refractivity contribution >= 4 is 11.3 Å². The molecule has 4 nitrogen and oxygen atoms in total. The van der Waals surface area contributed by atoms with Gasteiger partial charge in [0.1, 0.15) is 10.0 Å². The van der Waals surface area contributed by atoms with Crippen LogP contribution in [0, 0.1) is 13.8 Å². The van der Waals surface area contributed by atoms with Crippen LogP contribution in [0.2, 0.25) is 0 Å². The molecule has 1 N–H and O–H groups in total. The van der Waals surface area contributed by atoms with Crippen molar-refractivity contribution < 1.29 is 0 Å². The van der Waals surface area contributed by atoms with Crippen molar-refractivity contribution in [2.75, 3.05) is 6.54 Å². The van der Waals surface area contributed by atoms with Crippen LogP contribution in [0.3, 0.4) is 0 Å². The number of rotatable bonds is 5. The number of aryl methyl sites for hydroxylation is 2. The van der Waals surface area contributed by atoms with Crippen molar-refractivity contribution in [3.05, 3.63) is 28.5 Å². The molecule has 0 amide bonds. The molecule has 0 spiro atoms. The van der Waals surface area contributed by atoms with Gasteiger partial charge in [-0.2, -0.15) is 0 Å². The summed E-state index contributed by atoms with van der Waals surface area (Å²) in [5, 5.41) is 14.1. The first kappa shape index (κ1) is 12.7. The topological polar surface area (TPSA) is 50.7 Å². The van der Waals surface area contributed by atoms with E-state index in [2.05, 4.69) is 26.6 Å². The minimum atomic E-state index is 0.760. The standard InChI is InChI=1S/C14H18N4S/c1-9-3-6-12(10(2)16-9)14-18-17-13(19-14)7-8-15-11-4-5-11/h3,6,11,15H,4-5,7-8H2,1-2H3. The summed E-state index contributed by atoms with van der Waals surface area (Å²) >= 11 is 1.68. The molecule has 2 aromatic heterocycles. The Morgan fingerprint density at radius 2 is 2.11 bits per heavy atom. The third kappa shape index (κ3) is 3.16. The fourth-order valence-electron chi connectivity index (χ4n) is 2.05. The van der Waals surface area contributed by atoms with Crippen LogP contribution in [0.15, 0.2) is 12.1 Å². The van der Waals surface area contributed by atoms with Gasteiger partial charge in [-0.05, 0) is 38.8 Å². The molecule has 0 unspecified atom stereocenters. The molecule has 0 aromatic carbocycles. The van der Waals surface area contributed by atoms with Crippen molar-refractivity contribution in [1.29, 1.82) is 0 Å². The maximum atomic E-state index is 4.48. The van der Waals surface area contributed by atoms with Gasteiger partial charge in [-0.1, -0.05) is 11.3 Å². The predicted molar refractivity (Wildman–Crippen MR) is 77.3 cm³/mol. The normalized spacial score (nSPS) is 14.8. The lowest BCUT2D eigenvalue weighted by Crippen LogP contribution is -2.19. The number of hydrogen-bond donors (Lipinski definition) is 1. The summed E-state index contributed by atoms with van der Waals surface area (Å²) in [5.74, 6) is 0. The van der Waals surface area contributed by atoms with Crippen molar-refractivity contribution in [3.63, 3.8) is 0 Å². The Labute approximate surface area is 117 Å². The van der Waals surface area contributed by atoms with E-state index < -0.39 is 0 Å². The van der Waals surface area contributed by atoms with Gasteiger partial charge >= 0.3 is 0 Å². The zero-order valence-electron chi connectivity index (χ0n) is 11.3. The number of aromatic nitrogens is 3. The second-order valence-corrected chi connectivity index (χ2v) is 6.13. The number of pyridine rings is 1. The first-order valence-corrected chi connectivity index (χ1v) is 7.54. The zero-order valence-corrected chi connectivity index (χ0v) is 12.1. The molecule has 0 saturated heterocycles. The van der Waals surface area contributed by atoms with Crippen molar-refractivity contribution in [2.24, 2.45) is 0 Å². The van der Waals surface area contributed by atoms with Gasteiger partial charge in [-0.25, -0.2) is 0 Å². The van der Waals surface area contributed by atoms with Gasteiger partial charge in [0.05, 0.1) is 0 Å². The molecule has 1 aliphatic rings. The lowest BCUT2D eigenvalue weighted by atomic mass is 10.2. The molecule has 1 saturated carbocycles. The summed E-state index contributed by atoms with van der Waals surface area (Å²) in [5.41, 5.74) is 3.17. The Balaban J connectivity index is 1.68. The monoisotopic (exact) mass is 274 g/mol. The van der Waals surface area contributed by atoms with Crippen molar-refractivity contribution in [1.82, 2.24) is 20.5 Å². The summed E-state index contributed by atoms with van der Waals surface area (Å²) in [7, 11) is 0. The molecule has 2 aromatic rings. The quantitative estimate of drug-likeness (QED) is 0.910. The summed E-state index contributed by atoms with van der Waals surface area (Å²) in [6, 6.07) is 4.87. The molecule has 0 radical (unpaired) electrons. The van der Waals surface area contributed by atoms with E-state index in [4.69, 9.17) is 0 Å². The minimum absolute atomic E-state index is 0.760. The van der Waals surface area contributed by atoms with E-state index in [1.54, 1.807) is 11.3 Å². The van der Waals surface area contributed by atoms with E-state index in [-0.39, 0.29) is 0 Å². The van der Waals surface area contributed by atoms with Crippen LogP contribution < -0.4 is 5.32 Å². The summed E-state index contributed by atoms with van der Waals surface area (Å²) in [4.78, 5) is 4.48. The highest BCUT2D eigenvalue weighted by atomic mass is 32.1. The Hall–Kier alpha value is -1.33. The van der Waals surface area contributed by atoms with Crippen LogP contribution >= 0.6 is 11.3 Å². The van der Waals surface area contributed by atoms with Crippen LogP contribution in [0.25, 0.3) is 10.6 Å². The third-order valence-electron chi connectivity index (χ3n) is 3.27. The van der Waals surface area contributed by atoms with E-state index in [1.807, 2.05) is 19.9 Å². The second kappa shape index (κ2) is 5.35. The molecule has 1 aliphatic carbocycles. The largest absolute Gasteiger partial charge is 0.314 e. The first-order chi connectivity index (χ1) is 9.22. The zero-order chi connectivity index (χ0) is 13.2. The second-order valence-electron chi connectivity index (χ2n) is 5.06. The molecule has 5 heteroatoms. The lowest BCUT2D eigenvalue weighted by molar-refractivity contribution is 0.677. The summed E-state index contributed by atoms with van der Waals surface area (Å²) in [6.07, 6.45) is 3.62. The van der Waals surface area contributed by atoms with Crippen molar-refractivity contribution in [3.8, 4) is 10.6 Å². The molecule has 1 fully saturated rings. The van der Waals surface area contributed by atoms with Crippen LogP contribution in [0.5, 0.6) is 0 Å². The maximum absolute atomic E-state index is 4.48. The Kier molecular flexibility index (Phi) is 3.57. The average molecular weight is 274 g/mol. The fourth-order valence-corrected chi connectivity index (χ4v) is 2.96. The molecule has 3 rings (SSSR count). The van der Waals surface area contributed by atoms with Crippen LogP contribution in [0.1, 0.15) is 29.2 Å². The van der Waals surface area contributed by atoms with Crippen LogP contribution in [-0.2, 0) is 6.42 Å². The molecule has 2 heterocycles. The van der Waals surface area contributed by atoms with Crippen molar-refractivity contribution in [2.45, 2.75) is 39.2 Å². The Morgan fingerprint density at radius 3 is 2.84 bits per heavy atom. The highest BCUT2D eigenvalue weighted by Gasteiger charge is 2.20. The van der Waals surface area contributed by atoms with Gasteiger partial charge in [0.25, 0.3) is 0 Å². The molecular formula is C14H18N4S. The van der Waals surface area contributed by atoms with Gasteiger partial charge in [-0.3, -0.25) is 4.98 Å². The molecule has 0 atom stereocenters. The highest BCUT2D eigenvalue weighted by molar-refractivity contribution is 7.14. The Morgan fingerprint density at radius 1 is 1.26 bits per heavy atom. The van der Waals surface area contributed by atoms with E-state index in [9.17, 15) is 0 Å². The van der Waals surface area contributed by atoms with Gasteiger partial charge in [0.15, 0.2) is 0 Å². The number of hydrogen-bond acceptors (Lipinski definition) is 5. The number of nitrogens with zero attached hydrogens (tertiary/aromatic N) is 3. The number of nitrogens with one attached hydrogen (secondary N) is 1.